The predicted molar refractivity (Wildman–Crippen MR) is 117 cm³/mol. The summed E-state index contributed by atoms with van der Waals surface area (Å²) < 4.78 is 6.86. The van der Waals surface area contributed by atoms with E-state index >= 15 is 0 Å². The predicted octanol–water partition coefficient (Wildman–Crippen LogP) is 3.80. The fourth-order valence-electron chi connectivity index (χ4n) is 4.03. The maximum atomic E-state index is 12.8. The zero-order chi connectivity index (χ0) is 20.9. The van der Waals surface area contributed by atoms with Gasteiger partial charge in [0.1, 0.15) is 10.7 Å². The van der Waals surface area contributed by atoms with Crippen molar-refractivity contribution in [3.05, 3.63) is 33.5 Å². The number of ether oxygens (including phenoxy) is 1. The molecule has 29 heavy (non-hydrogen) atoms. The van der Waals surface area contributed by atoms with E-state index in [1.165, 1.54) is 16.0 Å². The van der Waals surface area contributed by atoms with Crippen molar-refractivity contribution >= 4 is 40.6 Å². The Labute approximate surface area is 181 Å². The molecule has 2 aromatic heterocycles. The van der Waals surface area contributed by atoms with Gasteiger partial charge in [0.25, 0.3) is 5.91 Å². The van der Waals surface area contributed by atoms with Crippen molar-refractivity contribution in [2.24, 2.45) is 7.05 Å². The van der Waals surface area contributed by atoms with Crippen LogP contribution in [0.5, 0.6) is 0 Å². The summed E-state index contributed by atoms with van der Waals surface area (Å²) in [5, 5.41) is 11.3. The number of aromatic nitrogens is 2. The Hall–Kier alpha value is -1.90. The number of aryl methyl sites for hydroxylation is 2. The number of nitrogens with one attached hydrogen (secondary N) is 2. The molecule has 0 aliphatic carbocycles. The molecule has 3 rings (SSSR count). The first-order valence-electron chi connectivity index (χ1n) is 9.40. The van der Waals surface area contributed by atoms with Gasteiger partial charge in [-0.15, -0.1) is 23.7 Å². The van der Waals surface area contributed by atoms with Crippen LogP contribution in [0.2, 0.25) is 0 Å². The van der Waals surface area contributed by atoms with Crippen molar-refractivity contribution in [3.8, 4) is 0 Å². The van der Waals surface area contributed by atoms with E-state index in [1.807, 2.05) is 6.92 Å². The van der Waals surface area contributed by atoms with Gasteiger partial charge in [-0.25, -0.2) is 4.79 Å². The van der Waals surface area contributed by atoms with Gasteiger partial charge in [-0.2, -0.15) is 5.10 Å². The lowest BCUT2D eigenvalue weighted by Gasteiger charge is -2.42. The highest BCUT2D eigenvalue weighted by atomic mass is 35.5. The minimum Gasteiger partial charge on any atom is -0.462 e. The van der Waals surface area contributed by atoms with E-state index in [0.717, 1.165) is 16.1 Å². The second-order valence-electron chi connectivity index (χ2n) is 8.39. The Morgan fingerprint density at radius 1 is 1.34 bits per heavy atom. The fourth-order valence-corrected chi connectivity index (χ4v) is 5.29. The number of amides is 1. The first-order chi connectivity index (χ1) is 12.9. The molecule has 0 spiro atoms. The number of halogens is 1. The molecule has 160 valence electrons. The second kappa shape index (κ2) is 8.08. The summed E-state index contributed by atoms with van der Waals surface area (Å²) >= 11 is 1.43. The summed E-state index contributed by atoms with van der Waals surface area (Å²) in [6.07, 6.45) is 0.678. The zero-order valence-electron chi connectivity index (χ0n) is 17.9. The highest BCUT2D eigenvalue weighted by molar-refractivity contribution is 7.17. The second-order valence-corrected chi connectivity index (χ2v) is 9.41. The molecule has 7 nitrogen and oxygen atoms in total. The van der Waals surface area contributed by atoms with Crippen LogP contribution in [0.4, 0.5) is 5.00 Å². The van der Waals surface area contributed by atoms with Gasteiger partial charge in [0.2, 0.25) is 0 Å². The minimum atomic E-state index is -0.398. The van der Waals surface area contributed by atoms with Crippen LogP contribution < -0.4 is 10.6 Å². The number of esters is 1. The third-order valence-electron chi connectivity index (χ3n) is 4.79. The van der Waals surface area contributed by atoms with Gasteiger partial charge in [-0.1, -0.05) is 0 Å². The van der Waals surface area contributed by atoms with Crippen molar-refractivity contribution in [2.75, 3.05) is 11.9 Å². The summed E-state index contributed by atoms with van der Waals surface area (Å²) in [6.45, 7) is 12.3. The van der Waals surface area contributed by atoms with Gasteiger partial charge in [0.05, 0.1) is 17.9 Å². The number of hydrogen-bond donors (Lipinski definition) is 2. The number of fused-ring (bicyclic) bond motifs is 1. The van der Waals surface area contributed by atoms with Crippen molar-refractivity contribution in [1.82, 2.24) is 15.1 Å². The smallest absolute Gasteiger partial charge is 0.341 e. The van der Waals surface area contributed by atoms with E-state index in [9.17, 15) is 9.59 Å². The molecule has 0 saturated heterocycles. The SMILES string of the molecule is CCOC(=O)c1c(NC(=O)c2cc(C)nn2C)sc2c1CC(C)(C)NC2(C)C.Cl. The van der Waals surface area contributed by atoms with Crippen molar-refractivity contribution in [3.63, 3.8) is 0 Å². The molecule has 0 fully saturated rings. The first kappa shape index (κ1) is 23.4. The molecule has 9 heteroatoms. The van der Waals surface area contributed by atoms with Crippen LogP contribution in [0.25, 0.3) is 0 Å². The van der Waals surface area contributed by atoms with Gasteiger partial charge in [0, 0.05) is 23.0 Å². The summed E-state index contributed by atoms with van der Waals surface area (Å²) in [4.78, 5) is 26.7. The quantitative estimate of drug-likeness (QED) is 0.706. The molecule has 0 atom stereocenters. The van der Waals surface area contributed by atoms with E-state index in [4.69, 9.17) is 4.74 Å². The largest absolute Gasteiger partial charge is 0.462 e. The topological polar surface area (TPSA) is 85.2 Å². The number of nitrogens with zero attached hydrogens (tertiary/aromatic N) is 2. The van der Waals surface area contributed by atoms with E-state index in [-0.39, 0.29) is 36.0 Å². The Kier molecular flexibility index (Phi) is 6.52. The molecule has 0 aromatic carbocycles. The third kappa shape index (κ3) is 4.49. The van der Waals surface area contributed by atoms with E-state index in [0.29, 0.717) is 22.7 Å². The highest BCUT2D eigenvalue weighted by Crippen LogP contribution is 2.45. The van der Waals surface area contributed by atoms with Crippen LogP contribution >= 0.6 is 23.7 Å². The Morgan fingerprint density at radius 3 is 2.55 bits per heavy atom. The molecular weight excluding hydrogens is 412 g/mol. The van der Waals surface area contributed by atoms with Crippen LogP contribution in [0.1, 0.15) is 71.6 Å². The summed E-state index contributed by atoms with van der Waals surface area (Å²) in [6, 6.07) is 1.72. The average Bonchev–Trinajstić information content (AvgIpc) is 3.05. The maximum absolute atomic E-state index is 12.8. The van der Waals surface area contributed by atoms with Gasteiger partial charge < -0.3 is 15.4 Å². The molecule has 1 aliphatic rings. The lowest BCUT2D eigenvalue weighted by atomic mass is 9.81. The van der Waals surface area contributed by atoms with Crippen LogP contribution in [-0.2, 0) is 23.7 Å². The van der Waals surface area contributed by atoms with E-state index in [2.05, 4.69) is 43.4 Å². The van der Waals surface area contributed by atoms with Gasteiger partial charge >= 0.3 is 5.97 Å². The number of thiophene rings is 1. The van der Waals surface area contributed by atoms with Gasteiger partial charge in [-0.3, -0.25) is 9.48 Å². The highest BCUT2D eigenvalue weighted by Gasteiger charge is 2.42. The van der Waals surface area contributed by atoms with Crippen LogP contribution in [0.3, 0.4) is 0 Å². The van der Waals surface area contributed by atoms with Crippen LogP contribution in [-0.4, -0.2) is 33.8 Å². The van der Waals surface area contributed by atoms with Crippen LogP contribution in [0.15, 0.2) is 6.07 Å². The van der Waals surface area contributed by atoms with Crippen molar-refractivity contribution in [2.45, 2.75) is 59.0 Å². The third-order valence-corrected chi connectivity index (χ3v) is 6.26. The first-order valence-corrected chi connectivity index (χ1v) is 10.2. The number of carbonyl (C=O) groups is 2. The monoisotopic (exact) mass is 440 g/mol. The molecule has 0 saturated carbocycles. The van der Waals surface area contributed by atoms with Crippen molar-refractivity contribution in [1.29, 1.82) is 0 Å². The normalized spacial score (nSPS) is 16.5. The summed E-state index contributed by atoms with van der Waals surface area (Å²) in [5.74, 6) is -0.692. The fraction of sp³-hybridized carbons (Fsp3) is 0.550. The Morgan fingerprint density at radius 2 is 2.00 bits per heavy atom. The maximum Gasteiger partial charge on any atom is 0.341 e. The molecule has 2 N–H and O–H groups in total. The molecule has 0 unspecified atom stereocenters. The molecule has 2 aromatic rings. The lowest BCUT2D eigenvalue weighted by Crippen LogP contribution is -2.55. The number of carbonyl (C=O) groups excluding carboxylic acids is 2. The number of anilines is 1. The minimum absolute atomic E-state index is 0. The zero-order valence-corrected chi connectivity index (χ0v) is 19.6. The van der Waals surface area contributed by atoms with E-state index < -0.39 is 5.97 Å². The number of rotatable bonds is 4. The standard InChI is InChI=1S/C20H28N4O3S.ClH/c1-8-27-18(26)14-12-10-19(3,4)23-20(5,6)15(12)28-17(14)21-16(25)13-9-11(2)22-24(13)7;/h9,23H,8,10H2,1-7H3,(H,21,25);1H. The van der Waals surface area contributed by atoms with Crippen LogP contribution in [0, 0.1) is 6.92 Å². The van der Waals surface area contributed by atoms with Gasteiger partial charge in [-0.05, 0) is 59.6 Å². The molecule has 0 radical (unpaired) electrons. The molecular formula is C20H29ClN4O3S. The molecule has 1 amide bonds. The Balaban J connectivity index is 0.00000300. The summed E-state index contributed by atoms with van der Waals surface area (Å²) in [5.41, 5.74) is 2.12. The Bertz CT molecular complexity index is 946. The van der Waals surface area contributed by atoms with E-state index in [1.54, 1.807) is 20.0 Å². The van der Waals surface area contributed by atoms with Gasteiger partial charge in [0.15, 0.2) is 0 Å². The average molecular weight is 441 g/mol. The summed E-state index contributed by atoms with van der Waals surface area (Å²) in [7, 11) is 1.73. The molecule has 0 bridgehead atoms. The number of hydrogen-bond acceptors (Lipinski definition) is 6. The van der Waals surface area contributed by atoms with Crippen molar-refractivity contribution < 1.29 is 14.3 Å². The lowest BCUT2D eigenvalue weighted by molar-refractivity contribution is 0.0526. The molecule has 3 heterocycles. The molecule has 1 aliphatic heterocycles.